The number of amides is 1. The van der Waals surface area contributed by atoms with Crippen molar-refractivity contribution in [3.63, 3.8) is 0 Å². The molecule has 4 heteroatoms. The summed E-state index contributed by atoms with van der Waals surface area (Å²) in [6.45, 7) is 0. The van der Waals surface area contributed by atoms with Gasteiger partial charge >= 0.3 is 0 Å². The number of carbonyl (C=O) groups excluding carboxylic acids is 1. The molecule has 1 unspecified atom stereocenters. The number of fused-ring (bicyclic) bond motifs is 1. The fraction of sp³-hybridized carbons (Fsp3) is 0.300. The topological polar surface area (TPSA) is 58.6 Å². The van der Waals surface area contributed by atoms with Crippen molar-refractivity contribution in [3.05, 3.63) is 29.8 Å². The summed E-state index contributed by atoms with van der Waals surface area (Å²) < 4.78 is 0. The van der Waals surface area contributed by atoms with Crippen molar-refractivity contribution in [1.82, 2.24) is 0 Å². The largest absolute Gasteiger partial charge is 0.323 e. The zero-order chi connectivity index (χ0) is 9.97. The first-order valence-corrected chi connectivity index (χ1v) is 4.50. The molecule has 0 spiro atoms. The minimum absolute atomic E-state index is 0.294. The van der Waals surface area contributed by atoms with E-state index in [0.717, 1.165) is 17.7 Å². The number of hydrogen-bond acceptors (Lipinski definition) is 3. The van der Waals surface area contributed by atoms with E-state index in [0.29, 0.717) is 6.42 Å². The van der Waals surface area contributed by atoms with Crippen LogP contribution >= 0.6 is 0 Å². The molecule has 0 bridgehead atoms. The van der Waals surface area contributed by atoms with Crippen molar-refractivity contribution in [2.45, 2.75) is 18.9 Å². The number of anilines is 1. The third-order valence-corrected chi connectivity index (χ3v) is 2.37. The van der Waals surface area contributed by atoms with Crippen LogP contribution in [0.2, 0.25) is 0 Å². The summed E-state index contributed by atoms with van der Waals surface area (Å²) in [5, 5.41) is 11.2. The second kappa shape index (κ2) is 3.77. The molecule has 4 nitrogen and oxygen atoms in total. The summed E-state index contributed by atoms with van der Waals surface area (Å²) in [6, 6.07) is 7.58. The van der Waals surface area contributed by atoms with Gasteiger partial charge < -0.3 is 5.32 Å². The molecule has 74 valence electrons. The van der Waals surface area contributed by atoms with Gasteiger partial charge in [-0.1, -0.05) is 18.2 Å². The average Bonchev–Trinajstić information content (AvgIpc) is 2.36. The van der Waals surface area contributed by atoms with Gasteiger partial charge in [0, 0.05) is 5.69 Å². The van der Waals surface area contributed by atoms with Gasteiger partial charge in [0.05, 0.1) is 0 Å². The summed E-state index contributed by atoms with van der Waals surface area (Å²) >= 11 is 0. The van der Waals surface area contributed by atoms with Crippen molar-refractivity contribution in [1.29, 1.82) is 0 Å². The second-order valence-corrected chi connectivity index (χ2v) is 3.28. The van der Waals surface area contributed by atoms with Gasteiger partial charge in [-0.3, -0.25) is 10.1 Å². The van der Waals surface area contributed by atoms with Crippen molar-refractivity contribution < 1.29 is 14.9 Å². The first-order valence-electron chi connectivity index (χ1n) is 4.50. The number of carbonyl (C=O) groups is 1. The lowest BCUT2D eigenvalue weighted by Gasteiger charge is -2.07. The SMILES string of the molecule is O=C1Nc2ccccc2CCC1OO. The summed E-state index contributed by atoms with van der Waals surface area (Å²) in [6.07, 6.45) is 0.460. The number of benzene rings is 1. The Balaban J connectivity index is 2.28. The zero-order valence-electron chi connectivity index (χ0n) is 7.56. The molecule has 1 aliphatic rings. The lowest BCUT2D eigenvalue weighted by atomic mass is 10.1. The van der Waals surface area contributed by atoms with Crippen LogP contribution in [-0.2, 0) is 16.1 Å². The highest BCUT2D eigenvalue weighted by atomic mass is 17.1. The van der Waals surface area contributed by atoms with Crippen LogP contribution < -0.4 is 5.32 Å². The van der Waals surface area contributed by atoms with Crippen LogP contribution in [0.5, 0.6) is 0 Å². The molecule has 1 aliphatic heterocycles. The number of rotatable bonds is 1. The molecule has 14 heavy (non-hydrogen) atoms. The molecule has 0 radical (unpaired) electrons. The molecule has 1 aromatic rings. The highest BCUT2D eigenvalue weighted by Gasteiger charge is 2.23. The smallest absolute Gasteiger partial charge is 0.256 e. The monoisotopic (exact) mass is 193 g/mol. The quantitative estimate of drug-likeness (QED) is 0.524. The van der Waals surface area contributed by atoms with E-state index in [2.05, 4.69) is 10.2 Å². The highest BCUT2D eigenvalue weighted by Crippen LogP contribution is 2.22. The fourth-order valence-electron chi connectivity index (χ4n) is 1.59. The molecule has 0 aliphatic carbocycles. The van der Waals surface area contributed by atoms with Gasteiger partial charge in [0.1, 0.15) is 0 Å². The Labute approximate surface area is 81.4 Å². The van der Waals surface area contributed by atoms with Crippen LogP contribution in [0, 0.1) is 0 Å². The predicted octanol–water partition coefficient (Wildman–Crippen LogP) is 1.43. The number of para-hydroxylation sites is 1. The lowest BCUT2D eigenvalue weighted by molar-refractivity contribution is -0.270. The van der Waals surface area contributed by atoms with Gasteiger partial charge in [-0.15, -0.1) is 0 Å². The van der Waals surface area contributed by atoms with Crippen LogP contribution in [0.25, 0.3) is 0 Å². The van der Waals surface area contributed by atoms with Crippen molar-refractivity contribution in [2.24, 2.45) is 0 Å². The van der Waals surface area contributed by atoms with Gasteiger partial charge in [0.15, 0.2) is 6.10 Å². The summed E-state index contributed by atoms with van der Waals surface area (Å²) in [5.41, 5.74) is 1.87. The lowest BCUT2D eigenvalue weighted by Crippen LogP contribution is -2.28. The molecule has 0 fully saturated rings. The maximum Gasteiger partial charge on any atom is 0.256 e. The first kappa shape index (κ1) is 9.18. The van der Waals surface area contributed by atoms with Crippen LogP contribution in [0.3, 0.4) is 0 Å². The minimum Gasteiger partial charge on any atom is -0.323 e. The normalized spacial score (nSPS) is 20.9. The standard InChI is InChI=1S/C10H11NO3/c12-10-9(14-13)6-5-7-3-1-2-4-8(7)11-10/h1-4,9,13H,5-6H2,(H,11,12). The molecular formula is C10H11NO3. The van der Waals surface area contributed by atoms with E-state index >= 15 is 0 Å². The number of nitrogens with one attached hydrogen (secondary N) is 1. The first-order chi connectivity index (χ1) is 6.81. The van der Waals surface area contributed by atoms with Gasteiger partial charge in [0.2, 0.25) is 0 Å². The summed E-state index contributed by atoms with van der Waals surface area (Å²) in [5.74, 6) is -0.294. The summed E-state index contributed by atoms with van der Waals surface area (Å²) in [7, 11) is 0. The molecule has 2 rings (SSSR count). The Hall–Kier alpha value is -1.39. The van der Waals surface area contributed by atoms with E-state index in [4.69, 9.17) is 5.26 Å². The van der Waals surface area contributed by atoms with E-state index in [1.165, 1.54) is 0 Å². The van der Waals surface area contributed by atoms with E-state index in [1.54, 1.807) is 0 Å². The van der Waals surface area contributed by atoms with Crippen LogP contribution in [0.4, 0.5) is 5.69 Å². The van der Waals surface area contributed by atoms with Crippen LogP contribution in [0.15, 0.2) is 24.3 Å². The second-order valence-electron chi connectivity index (χ2n) is 3.28. The minimum atomic E-state index is -0.762. The molecule has 2 N–H and O–H groups in total. The van der Waals surface area contributed by atoms with Crippen LogP contribution in [0.1, 0.15) is 12.0 Å². The van der Waals surface area contributed by atoms with E-state index < -0.39 is 6.10 Å². The van der Waals surface area contributed by atoms with Crippen LogP contribution in [-0.4, -0.2) is 17.3 Å². The zero-order valence-corrected chi connectivity index (χ0v) is 7.56. The Morgan fingerprint density at radius 2 is 2.21 bits per heavy atom. The average molecular weight is 193 g/mol. The fourth-order valence-corrected chi connectivity index (χ4v) is 1.59. The van der Waals surface area contributed by atoms with Gasteiger partial charge in [0.25, 0.3) is 5.91 Å². The third-order valence-electron chi connectivity index (χ3n) is 2.37. The molecule has 1 atom stereocenters. The summed E-state index contributed by atoms with van der Waals surface area (Å²) in [4.78, 5) is 15.5. The van der Waals surface area contributed by atoms with Gasteiger partial charge in [-0.2, -0.15) is 0 Å². The maximum atomic E-state index is 11.4. The Morgan fingerprint density at radius 1 is 1.43 bits per heavy atom. The van der Waals surface area contributed by atoms with Gasteiger partial charge in [-0.05, 0) is 24.5 Å². The Morgan fingerprint density at radius 3 is 3.00 bits per heavy atom. The number of aryl methyl sites for hydroxylation is 1. The predicted molar refractivity (Wildman–Crippen MR) is 50.9 cm³/mol. The molecule has 1 aromatic carbocycles. The van der Waals surface area contributed by atoms with Crippen molar-refractivity contribution in [2.75, 3.05) is 5.32 Å². The van der Waals surface area contributed by atoms with E-state index in [9.17, 15) is 4.79 Å². The Bertz CT molecular complexity index is 351. The third kappa shape index (κ3) is 1.62. The highest BCUT2D eigenvalue weighted by molar-refractivity contribution is 5.95. The van der Waals surface area contributed by atoms with Gasteiger partial charge in [-0.25, -0.2) is 4.89 Å². The van der Waals surface area contributed by atoms with Crippen molar-refractivity contribution >= 4 is 11.6 Å². The number of hydrogen-bond donors (Lipinski definition) is 2. The molecule has 0 saturated heterocycles. The molecule has 1 amide bonds. The van der Waals surface area contributed by atoms with Crippen molar-refractivity contribution in [3.8, 4) is 0 Å². The Kier molecular flexibility index (Phi) is 2.47. The molecular weight excluding hydrogens is 182 g/mol. The molecule has 0 aromatic heterocycles. The molecule has 1 heterocycles. The molecule has 0 saturated carbocycles. The van der Waals surface area contributed by atoms with E-state index in [-0.39, 0.29) is 5.91 Å². The maximum absolute atomic E-state index is 11.4. The van der Waals surface area contributed by atoms with E-state index in [1.807, 2.05) is 24.3 Å².